The number of nitrogen functional groups attached to an aromatic ring is 1. The second-order valence-corrected chi connectivity index (χ2v) is 6.11. The predicted octanol–water partition coefficient (Wildman–Crippen LogP) is 1.86. The van der Waals surface area contributed by atoms with Crippen LogP contribution < -0.4 is 21.3 Å². The maximum Gasteiger partial charge on any atom is 0.407 e. The summed E-state index contributed by atoms with van der Waals surface area (Å²) >= 11 is 0. The molecule has 0 saturated carbocycles. The molecule has 0 unspecified atom stereocenters. The third-order valence-electron chi connectivity index (χ3n) is 2.74. The molecule has 4 N–H and O–H groups in total. The quantitative estimate of drug-likeness (QED) is 0.573. The summed E-state index contributed by atoms with van der Waals surface area (Å²) in [5.74, 6) is -0.433. The first-order chi connectivity index (χ1) is 11.1. The van der Waals surface area contributed by atoms with Crippen LogP contribution in [0.4, 0.5) is 21.0 Å². The zero-order valence-electron chi connectivity index (χ0n) is 14.4. The molecule has 8 nitrogen and oxygen atoms in total. The molecule has 0 saturated heterocycles. The molecule has 0 aliphatic heterocycles. The van der Waals surface area contributed by atoms with E-state index in [2.05, 4.69) is 10.6 Å². The molecular weight excluding hydrogens is 312 g/mol. The Morgan fingerprint density at radius 2 is 1.62 bits per heavy atom. The van der Waals surface area contributed by atoms with Crippen molar-refractivity contribution in [3.05, 3.63) is 24.3 Å². The number of imide groups is 1. The van der Waals surface area contributed by atoms with Crippen molar-refractivity contribution in [3.63, 3.8) is 0 Å². The van der Waals surface area contributed by atoms with Gasteiger partial charge in [-0.05, 0) is 45.0 Å². The van der Waals surface area contributed by atoms with Crippen LogP contribution in [0.2, 0.25) is 0 Å². The summed E-state index contributed by atoms with van der Waals surface area (Å²) < 4.78 is 5.07. The van der Waals surface area contributed by atoms with E-state index in [9.17, 15) is 14.4 Å². The van der Waals surface area contributed by atoms with Gasteiger partial charge < -0.3 is 21.1 Å². The molecule has 4 amide bonds. The lowest BCUT2D eigenvalue weighted by molar-refractivity contribution is -0.115. The van der Waals surface area contributed by atoms with Crippen LogP contribution in [0.25, 0.3) is 0 Å². The summed E-state index contributed by atoms with van der Waals surface area (Å²) in [6.07, 6.45) is -0.571. The molecule has 0 aromatic heterocycles. The summed E-state index contributed by atoms with van der Waals surface area (Å²) in [4.78, 5) is 36.3. The van der Waals surface area contributed by atoms with Gasteiger partial charge in [0.05, 0.1) is 5.69 Å². The highest BCUT2D eigenvalue weighted by molar-refractivity contribution is 6.13. The fraction of sp³-hybridized carbons (Fsp3) is 0.438. The van der Waals surface area contributed by atoms with Crippen molar-refractivity contribution in [2.24, 2.45) is 0 Å². The highest BCUT2D eigenvalue weighted by Crippen LogP contribution is 2.16. The normalized spacial score (nSPS) is 10.7. The molecule has 0 radical (unpaired) electrons. The van der Waals surface area contributed by atoms with Gasteiger partial charge in [-0.15, -0.1) is 0 Å². The van der Waals surface area contributed by atoms with Crippen LogP contribution in [0.15, 0.2) is 24.3 Å². The molecule has 1 rings (SSSR count). The lowest BCUT2D eigenvalue weighted by atomic mass is 10.2. The molecule has 0 fully saturated rings. The molecule has 0 aliphatic carbocycles. The average Bonchev–Trinajstić information content (AvgIpc) is 2.44. The maximum absolute atomic E-state index is 12.2. The van der Waals surface area contributed by atoms with Gasteiger partial charge in [-0.1, -0.05) is 0 Å². The van der Waals surface area contributed by atoms with E-state index < -0.39 is 23.6 Å². The van der Waals surface area contributed by atoms with Crippen LogP contribution in [0, 0.1) is 0 Å². The van der Waals surface area contributed by atoms with Crippen molar-refractivity contribution in [1.29, 1.82) is 0 Å². The number of urea groups is 1. The highest BCUT2D eigenvalue weighted by atomic mass is 16.6. The first-order valence-electron chi connectivity index (χ1n) is 7.51. The van der Waals surface area contributed by atoms with Crippen molar-refractivity contribution in [1.82, 2.24) is 10.6 Å². The lowest BCUT2D eigenvalue weighted by Gasteiger charge is -2.21. The molecule has 1 aromatic carbocycles. The van der Waals surface area contributed by atoms with E-state index in [-0.39, 0.29) is 13.1 Å². The smallest absolute Gasteiger partial charge is 0.407 e. The number of nitrogens with one attached hydrogen (secondary N) is 2. The molecule has 0 bridgehead atoms. The van der Waals surface area contributed by atoms with Crippen molar-refractivity contribution in [2.75, 3.05) is 23.7 Å². The molecule has 1 aromatic rings. The minimum atomic E-state index is -0.589. The molecule has 0 spiro atoms. The minimum absolute atomic E-state index is 0.150. The Labute approximate surface area is 141 Å². The Hall–Kier alpha value is -2.77. The first-order valence-corrected chi connectivity index (χ1v) is 7.51. The fourth-order valence-electron chi connectivity index (χ4n) is 1.79. The van der Waals surface area contributed by atoms with Gasteiger partial charge in [0.25, 0.3) is 0 Å². The minimum Gasteiger partial charge on any atom is -0.444 e. The van der Waals surface area contributed by atoms with E-state index in [1.54, 1.807) is 45.0 Å². The highest BCUT2D eigenvalue weighted by Gasteiger charge is 2.20. The Morgan fingerprint density at radius 1 is 1.08 bits per heavy atom. The summed E-state index contributed by atoms with van der Waals surface area (Å²) in [6.45, 7) is 6.88. The average molecular weight is 336 g/mol. The van der Waals surface area contributed by atoms with Crippen LogP contribution in [0.3, 0.4) is 0 Å². The molecular formula is C16H24N4O4. The molecule has 0 atom stereocenters. The van der Waals surface area contributed by atoms with E-state index in [0.717, 1.165) is 4.90 Å². The molecule has 24 heavy (non-hydrogen) atoms. The summed E-state index contributed by atoms with van der Waals surface area (Å²) in [7, 11) is 0. The number of alkyl carbamates (subject to hydrolysis) is 1. The number of hydrogen-bond donors (Lipinski definition) is 3. The Kier molecular flexibility index (Phi) is 6.58. The van der Waals surface area contributed by atoms with Crippen molar-refractivity contribution < 1.29 is 19.1 Å². The maximum atomic E-state index is 12.2. The van der Waals surface area contributed by atoms with Crippen LogP contribution in [-0.4, -0.2) is 36.7 Å². The van der Waals surface area contributed by atoms with Crippen LogP contribution in [-0.2, 0) is 9.53 Å². The van der Waals surface area contributed by atoms with E-state index in [0.29, 0.717) is 11.4 Å². The van der Waals surface area contributed by atoms with Gasteiger partial charge in [0.2, 0.25) is 5.91 Å². The SMILES string of the molecule is CC(=O)N(C(=O)NCCNC(=O)OC(C)(C)C)c1ccc(N)cc1. The first kappa shape index (κ1) is 19.3. The second-order valence-electron chi connectivity index (χ2n) is 6.11. The number of carbonyl (C=O) groups excluding carboxylic acids is 3. The summed E-state index contributed by atoms with van der Waals surface area (Å²) in [5.41, 5.74) is 5.95. The van der Waals surface area contributed by atoms with Gasteiger partial charge in [0.1, 0.15) is 5.60 Å². The van der Waals surface area contributed by atoms with Gasteiger partial charge in [0.15, 0.2) is 0 Å². The molecule has 8 heteroatoms. The zero-order valence-corrected chi connectivity index (χ0v) is 14.4. The number of rotatable bonds is 4. The van der Waals surface area contributed by atoms with E-state index >= 15 is 0 Å². The summed E-state index contributed by atoms with van der Waals surface area (Å²) in [6, 6.07) is 5.77. The monoisotopic (exact) mass is 336 g/mol. The van der Waals surface area contributed by atoms with Gasteiger partial charge in [-0.2, -0.15) is 0 Å². The van der Waals surface area contributed by atoms with Crippen molar-refractivity contribution in [2.45, 2.75) is 33.3 Å². The number of ether oxygens (including phenoxy) is 1. The Balaban J connectivity index is 2.51. The van der Waals surface area contributed by atoms with Gasteiger partial charge >= 0.3 is 12.1 Å². The number of hydrogen-bond acceptors (Lipinski definition) is 5. The number of amides is 4. The third-order valence-corrected chi connectivity index (χ3v) is 2.74. The topological polar surface area (TPSA) is 114 Å². The third kappa shape index (κ3) is 6.55. The summed E-state index contributed by atoms with van der Waals surface area (Å²) in [5, 5.41) is 5.07. The van der Waals surface area contributed by atoms with Crippen molar-refractivity contribution in [3.8, 4) is 0 Å². The van der Waals surface area contributed by atoms with E-state index in [4.69, 9.17) is 10.5 Å². The van der Waals surface area contributed by atoms with E-state index in [1.807, 2.05) is 0 Å². The predicted molar refractivity (Wildman–Crippen MR) is 91.6 cm³/mol. The Morgan fingerprint density at radius 3 is 2.12 bits per heavy atom. The van der Waals surface area contributed by atoms with Crippen LogP contribution in [0.1, 0.15) is 27.7 Å². The van der Waals surface area contributed by atoms with Gasteiger partial charge in [0, 0.05) is 25.7 Å². The van der Waals surface area contributed by atoms with Crippen molar-refractivity contribution >= 4 is 29.4 Å². The lowest BCUT2D eigenvalue weighted by Crippen LogP contribution is -2.45. The van der Waals surface area contributed by atoms with Gasteiger partial charge in [-0.3, -0.25) is 4.79 Å². The second kappa shape index (κ2) is 8.19. The molecule has 0 aliphatic rings. The Bertz CT molecular complexity index is 593. The zero-order chi connectivity index (χ0) is 18.3. The number of carbonyl (C=O) groups is 3. The molecule has 132 valence electrons. The van der Waals surface area contributed by atoms with E-state index in [1.165, 1.54) is 6.92 Å². The standard InChI is InChI=1S/C16H24N4O4/c1-11(21)20(13-7-5-12(17)6-8-13)14(22)18-9-10-19-15(23)24-16(2,3)4/h5-8H,9-10,17H2,1-4H3,(H,18,22)(H,19,23). The number of nitrogens with zero attached hydrogens (tertiary/aromatic N) is 1. The molecule has 0 heterocycles. The number of anilines is 2. The fourth-order valence-corrected chi connectivity index (χ4v) is 1.79. The number of benzene rings is 1. The van der Waals surface area contributed by atoms with Crippen LogP contribution in [0.5, 0.6) is 0 Å². The van der Waals surface area contributed by atoms with Gasteiger partial charge in [-0.25, -0.2) is 14.5 Å². The number of nitrogens with two attached hydrogens (primary N) is 1. The van der Waals surface area contributed by atoms with Crippen LogP contribution >= 0.6 is 0 Å². The largest absolute Gasteiger partial charge is 0.444 e.